The van der Waals surface area contributed by atoms with Gasteiger partial charge in [-0.3, -0.25) is 9.10 Å². The molecule has 0 saturated carbocycles. The second-order valence-electron chi connectivity index (χ2n) is 6.71. The monoisotopic (exact) mass is 531 g/mol. The molecule has 10 heteroatoms. The van der Waals surface area contributed by atoms with Gasteiger partial charge in [0.25, 0.3) is 15.9 Å². The first-order valence-electron chi connectivity index (χ1n) is 9.72. The topological polar surface area (TPSA) is 97.3 Å². The van der Waals surface area contributed by atoms with Crippen LogP contribution in [-0.2, 0) is 14.8 Å². The molecule has 3 rings (SSSR count). The average Bonchev–Trinajstić information content (AvgIpc) is 2.82. The molecule has 0 saturated heterocycles. The lowest BCUT2D eigenvalue weighted by Gasteiger charge is -2.23. The Morgan fingerprint density at radius 3 is 2.39 bits per heavy atom. The molecule has 0 aliphatic carbocycles. The van der Waals surface area contributed by atoms with Gasteiger partial charge >= 0.3 is 0 Å². The highest BCUT2D eigenvalue weighted by atomic mass is 79.9. The fraction of sp³-hybridized carbons (Fsp3) is 0.130. The van der Waals surface area contributed by atoms with E-state index in [1.165, 1.54) is 32.6 Å². The highest BCUT2D eigenvalue weighted by molar-refractivity contribution is 9.10. The van der Waals surface area contributed by atoms with Gasteiger partial charge < -0.3 is 9.47 Å². The third-order valence-electron chi connectivity index (χ3n) is 4.53. The normalized spacial score (nSPS) is 11.2. The van der Waals surface area contributed by atoms with Crippen molar-refractivity contribution in [1.29, 1.82) is 0 Å². The van der Waals surface area contributed by atoms with Crippen molar-refractivity contribution in [3.63, 3.8) is 0 Å². The Balaban J connectivity index is 1.80. The summed E-state index contributed by atoms with van der Waals surface area (Å²) in [6.45, 7) is -0.461. The molecule has 1 amide bonds. The maximum absolute atomic E-state index is 13.3. The number of hydrogen-bond donors (Lipinski definition) is 1. The molecular weight excluding hydrogens is 510 g/mol. The Kier molecular flexibility index (Phi) is 8.07. The van der Waals surface area contributed by atoms with E-state index >= 15 is 0 Å². The lowest BCUT2D eigenvalue weighted by molar-refractivity contribution is -0.119. The molecule has 0 fully saturated rings. The van der Waals surface area contributed by atoms with Gasteiger partial charge in [0.1, 0.15) is 6.54 Å². The molecule has 0 heterocycles. The lowest BCUT2D eigenvalue weighted by atomic mass is 10.2. The van der Waals surface area contributed by atoms with Crippen LogP contribution < -0.4 is 19.2 Å². The molecule has 0 aromatic heterocycles. The van der Waals surface area contributed by atoms with Gasteiger partial charge in [-0.1, -0.05) is 40.2 Å². The number of rotatable bonds is 9. The molecule has 0 aliphatic heterocycles. The van der Waals surface area contributed by atoms with E-state index in [0.717, 1.165) is 4.31 Å². The van der Waals surface area contributed by atoms with E-state index in [9.17, 15) is 13.2 Å². The minimum atomic E-state index is -3.99. The summed E-state index contributed by atoms with van der Waals surface area (Å²) in [4.78, 5) is 12.7. The Morgan fingerprint density at radius 1 is 1.00 bits per heavy atom. The molecule has 0 radical (unpaired) electrons. The van der Waals surface area contributed by atoms with E-state index in [4.69, 9.17) is 9.47 Å². The lowest BCUT2D eigenvalue weighted by Crippen LogP contribution is -2.39. The van der Waals surface area contributed by atoms with Crippen molar-refractivity contribution in [2.24, 2.45) is 5.10 Å². The molecule has 0 spiro atoms. The minimum absolute atomic E-state index is 0.0756. The van der Waals surface area contributed by atoms with Crippen molar-refractivity contribution in [2.45, 2.75) is 4.90 Å². The number of anilines is 1. The summed E-state index contributed by atoms with van der Waals surface area (Å²) in [5, 5.41) is 3.94. The number of hydrogen-bond acceptors (Lipinski definition) is 6. The number of methoxy groups -OCH3 is 2. The van der Waals surface area contributed by atoms with Gasteiger partial charge in [-0.25, -0.2) is 13.8 Å². The van der Waals surface area contributed by atoms with Crippen LogP contribution in [0.2, 0.25) is 0 Å². The Bertz CT molecular complexity index is 1250. The van der Waals surface area contributed by atoms with Crippen LogP contribution in [0.3, 0.4) is 0 Å². The predicted molar refractivity (Wildman–Crippen MR) is 130 cm³/mol. The van der Waals surface area contributed by atoms with Crippen molar-refractivity contribution in [3.05, 3.63) is 82.8 Å². The number of sulfonamides is 1. The van der Waals surface area contributed by atoms with Gasteiger partial charge in [0.05, 0.1) is 31.0 Å². The molecule has 0 atom stereocenters. The maximum atomic E-state index is 13.3. The van der Waals surface area contributed by atoms with Gasteiger partial charge in [-0.15, -0.1) is 0 Å². The average molecular weight is 532 g/mol. The van der Waals surface area contributed by atoms with Crippen LogP contribution >= 0.6 is 15.9 Å². The molecule has 172 valence electrons. The summed E-state index contributed by atoms with van der Waals surface area (Å²) >= 11 is 3.34. The van der Waals surface area contributed by atoms with E-state index in [1.54, 1.807) is 60.7 Å². The molecule has 0 bridgehead atoms. The highest BCUT2D eigenvalue weighted by Gasteiger charge is 2.27. The summed E-state index contributed by atoms with van der Waals surface area (Å²) in [6.07, 6.45) is 1.43. The number of amides is 1. The van der Waals surface area contributed by atoms with Crippen molar-refractivity contribution < 1.29 is 22.7 Å². The minimum Gasteiger partial charge on any atom is -0.493 e. The van der Waals surface area contributed by atoms with E-state index in [-0.39, 0.29) is 4.90 Å². The molecule has 0 aliphatic rings. The van der Waals surface area contributed by atoms with Crippen LogP contribution in [-0.4, -0.2) is 41.3 Å². The molecule has 33 heavy (non-hydrogen) atoms. The van der Waals surface area contributed by atoms with E-state index in [1.807, 2.05) is 0 Å². The second-order valence-corrected chi connectivity index (χ2v) is 9.49. The largest absolute Gasteiger partial charge is 0.493 e. The molecule has 0 unspecified atom stereocenters. The number of benzene rings is 3. The van der Waals surface area contributed by atoms with Crippen LogP contribution in [0.15, 0.2) is 87.3 Å². The smallest absolute Gasteiger partial charge is 0.264 e. The first kappa shape index (κ1) is 24.3. The predicted octanol–water partition coefficient (Wildman–Crippen LogP) is 3.81. The van der Waals surface area contributed by atoms with Crippen LogP contribution in [0.4, 0.5) is 5.69 Å². The van der Waals surface area contributed by atoms with Gasteiger partial charge in [0, 0.05) is 4.47 Å². The van der Waals surface area contributed by atoms with Crippen LogP contribution in [0.1, 0.15) is 5.56 Å². The third-order valence-corrected chi connectivity index (χ3v) is 6.81. The zero-order valence-electron chi connectivity index (χ0n) is 17.9. The number of halogens is 1. The van der Waals surface area contributed by atoms with Crippen LogP contribution in [0.25, 0.3) is 0 Å². The van der Waals surface area contributed by atoms with E-state index in [0.29, 0.717) is 27.2 Å². The van der Waals surface area contributed by atoms with E-state index < -0.39 is 22.5 Å². The molecule has 3 aromatic rings. The second kappa shape index (κ2) is 11.0. The number of carbonyl (C=O) groups excluding carboxylic acids is 1. The Hall–Kier alpha value is -3.37. The van der Waals surface area contributed by atoms with Gasteiger partial charge in [0.2, 0.25) is 0 Å². The number of nitrogens with zero attached hydrogens (tertiary/aromatic N) is 2. The number of nitrogens with one attached hydrogen (secondary N) is 1. The standard InChI is InChI=1S/C23H22BrN3O5S/c1-31-21-12-11-17(13-22(21)32-2)15-25-26-23(28)16-27(19-8-6-7-18(24)14-19)33(29,30)20-9-4-3-5-10-20/h3-15H,16H2,1-2H3,(H,26,28). The molecular formula is C23H22BrN3O5S. The molecule has 3 aromatic carbocycles. The van der Waals surface area contributed by atoms with Crippen molar-refractivity contribution in [2.75, 3.05) is 25.1 Å². The molecule has 1 N–H and O–H groups in total. The number of ether oxygens (including phenoxy) is 2. The first-order valence-corrected chi connectivity index (χ1v) is 12.0. The van der Waals surface area contributed by atoms with Gasteiger partial charge in [0.15, 0.2) is 11.5 Å². The number of carbonyl (C=O) groups is 1. The summed E-state index contributed by atoms with van der Waals surface area (Å²) in [6, 6.07) is 19.8. The maximum Gasteiger partial charge on any atom is 0.264 e. The van der Waals surface area contributed by atoms with Gasteiger partial charge in [-0.05, 0) is 54.1 Å². The van der Waals surface area contributed by atoms with Crippen molar-refractivity contribution >= 4 is 43.8 Å². The molecule has 8 nitrogen and oxygen atoms in total. The van der Waals surface area contributed by atoms with E-state index in [2.05, 4.69) is 26.5 Å². The van der Waals surface area contributed by atoms with Crippen molar-refractivity contribution in [1.82, 2.24) is 5.43 Å². The summed E-state index contributed by atoms with van der Waals surface area (Å²) in [5.41, 5.74) is 3.38. The number of hydrazone groups is 1. The van der Waals surface area contributed by atoms with Crippen LogP contribution in [0, 0.1) is 0 Å². The SMILES string of the molecule is COc1ccc(C=NNC(=O)CN(c2cccc(Br)c2)S(=O)(=O)c2ccccc2)cc1OC. The highest BCUT2D eigenvalue weighted by Crippen LogP contribution is 2.27. The van der Waals surface area contributed by atoms with Crippen LogP contribution in [0.5, 0.6) is 11.5 Å². The summed E-state index contributed by atoms with van der Waals surface area (Å²) in [5.74, 6) is 0.475. The summed E-state index contributed by atoms with van der Waals surface area (Å²) in [7, 11) is -0.938. The fourth-order valence-corrected chi connectivity index (χ4v) is 4.76. The zero-order valence-corrected chi connectivity index (χ0v) is 20.3. The van der Waals surface area contributed by atoms with Crippen molar-refractivity contribution in [3.8, 4) is 11.5 Å². The summed E-state index contributed by atoms with van der Waals surface area (Å²) < 4.78 is 38.7. The first-order chi connectivity index (χ1) is 15.8. The quantitative estimate of drug-likeness (QED) is 0.334. The van der Waals surface area contributed by atoms with Gasteiger partial charge in [-0.2, -0.15) is 5.10 Å². The Morgan fingerprint density at radius 2 is 1.73 bits per heavy atom. The Labute approximate surface area is 201 Å². The zero-order chi connectivity index (χ0) is 23.8. The fourth-order valence-electron chi connectivity index (χ4n) is 2.94. The third kappa shape index (κ3) is 6.11.